The molecule has 0 saturated heterocycles. The zero-order chi connectivity index (χ0) is 17.1. The Morgan fingerprint density at radius 2 is 1.79 bits per heavy atom. The van der Waals surface area contributed by atoms with Gasteiger partial charge in [0.2, 0.25) is 0 Å². The molecule has 3 rings (SSSR count). The highest BCUT2D eigenvalue weighted by atomic mass is 16.2. The molecule has 0 fully saturated rings. The van der Waals surface area contributed by atoms with E-state index >= 15 is 0 Å². The van der Waals surface area contributed by atoms with Crippen molar-refractivity contribution in [3.8, 4) is 0 Å². The van der Waals surface area contributed by atoms with Gasteiger partial charge >= 0.3 is 0 Å². The summed E-state index contributed by atoms with van der Waals surface area (Å²) in [5.74, 6) is -0.539. The fourth-order valence-electron chi connectivity index (χ4n) is 2.74. The van der Waals surface area contributed by atoms with Crippen molar-refractivity contribution in [2.24, 2.45) is 10.9 Å². The molecule has 122 valence electrons. The summed E-state index contributed by atoms with van der Waals surface area (Å²) in [6, 6.07) is 13.3. The largest absolute Gasteiger partial charge is 0.352 e. The summed E-state index contributed by atoms with van der Waals surface area (Å²) >= 11 is 0. The average molecular weight is 320 g/mol. The van der Waals surface area contributed by atoms with E-state index in [-0.39, 0.29) is 17.7 Å². The first-order valence-corrected chi connectivity index (χ1v) is 8.09. The standard InChI is InChI=1S/C20H20N2O2/c1-13-3-6-15(7-4-13)19(23)21-10-9-17-12-16-8-5-14(2)11-18(16)22-20(17)24/h3-8,11-12,17H,9-10H2,1-2H3,(H,21,23). The first kappa shape index (κ1) is 16.1. The minimum atomic E-state index is -0.279. The lowest BCUT2D eigenvalue weighted by Crippen LogP contribution is -2.35. The summed E-state index contributed by atoms with van der Waals surface area (Å²) in [6.45, 7) is 4.40. The van der Waals surface area contributed by atoms with Gasteiger partial charge in [-0.25, -0.2) is 4.99 Å². The Kier molecular flexibility index (Phi) is 4.56. The van der Waals surface area contributed by atoms with Crippen molar-refractivity contribution in [1.82, 2.24) is 5.32 Å². The number of nitrogens with zero attached hydrogens (tertiary/aromatic N) is 1. The lowest BCUT2D eigenvalue weighted by molar-refractivity contribution is -0.120. The molecule has 24 heavy (non-hydrogen) atoms. The van der Waals surface area contributed by atoms with Crippen LogP contribution in [-0.2, 0) is 4.79 Å². The predicted molar refractivity (Wildman–Crippen MR) is 93.1 cm³/mol. The molecule has 0 spiro atoms. The Hall–Kier alpha value is -2.75. The molecule has 0 bridgehead atoms. The van der Waals surface area contributed by atoms with E-state index in [0.29, 0.717) is 18.5 Å². The number of fused-ring (bicyclic) bond motifs is 1. The highest BCUT2D eigenvalue weighted by Gasteiger charge is 2.18. The highest BCUT2D eigenvalue weighted by Crippen LogP contribution is 2.09. The SMILES string of the molecule is Cc1ccc(C(=O)NCCC2C=c3ccc(C)cc3=NC2=O)cc1. The van der Waals surface area contributed by atoms with Gasteiger partial charge in [0, 0.05) is 12.1 Å². The van der Waals surface area contributed by atoms with Crippen LogP contribution in [0.15, 0.2) is 47.5 Å². The lowest BCUT2D eigenvalue weighted by Gasteiger charge is -2.13. The first-order chi connectivity index (χ1) is 11.5. The van der Waals surface area contributed by atoms with E-state index in [0.717, 1.165) is 21.7 Å². The second kappa shape index (κ2) is 6.79. The topological polar surface area (TPSA) is 58.5 Å². The average Bonchev–Trinajstić information content (AvgIpc) is 2.56. The summed E-state index contributed by atoms with van der Waals surface area (Å²) in [4.78, 5) is 28.4. The maximum atomic E-state index is 12.1. The molecular formula is C20H20N2O2. The molecule has 1 N–H and O–H groups in total. The summed E-state index contributed by atoms with van der Waals surface area (Å²) in [5, 5.41) is 4.58. The van der Waals surface area contributed by atoms with E-state index in [1.807, 2.05) is 50.3 Å². The summed E-state index contributed by atoms with van der Waals surface area (Å²) in [7, 11) is 0. The Labute approximate surface area is 140 Å². The number of hydrogen-bond acceptors (Lipinski definition) is 2. The van der Waals surface area contributed by atoms with Crippen LogP contribution >= 0.6 is 0 Å². The van der Waals surface area contributed by atoms with Crippen LogP contribution in [0.25, 0.3) is 6.08 Å². The number of aryl methyl sites for hydroxylation is 2. The summed E-state index contributed by atoms with van der Waals surface area (Å²) in [6.07, 6.45) is 2.50. The molecule has 1 unspecified atom stereocenters. The van der Waals surface area contributed by atoms with Crippen molar-refractivity contribution in [2.75, 3.05) is 6.54 Å². The van der Waals surface area contributed by atoms with E-state index in [1.54, 1.807) is 12.1 Å². The quantitative estimate of drug-likeness (QED) is 0.932. The molecule has 1 aliphatic heterocycles. The Balaban J connectivity index is 1.63. The van der Waals surface area contributed by atoms with Gasteiger partial charge in [-0.1, -0.05) is 35.9 Å². The van der Waals surface area contributed by atoms with E-state index in [1.165, 1.54) is 0 Å². The third-order valence-corrected chi connectivity index (χ3v) is 4.17. The molecule has 1 heterocycles. The third kappa shape index (κ3) is 3.59. The molecule has 2 aromatic carbocycles. The number of hydrogen-bond donors (Lipinski definition) is 1. The van der Waals surface area contributed by atoms with E-state index in [9.17, 15) is 9.59 Å². The number of rotatable bonds is 4. The predicted octanol–water partition coefficient (Wildman–Crippen LogP) is 1.68. The van der Waals surface area contributed by atoms with Gasteiger partial charge in [-0.2, -0.15) is 0 Å². The zero-order valence-electron chi connectivity index (χ0n) is 13.9. The molecular weight excluding hydrogens is 300 g/mol. The first-order valence-electron chi connectivity index (χ1n) is 8.09. The molecule has 2 aromatic rings. The normalized spacial score (nSPS) is 15.9. The minimum Gasteiger partial charge on any atom is -0.352 e. The summed E-state index contributed by atoms with van der Waals surface area (Å²) in [5.41, 5.74) is 2.83. The Morgan fingerprint density at radius 3 is 2.54 bits per heavy atom. The van der Waals surface area contributed by atoms with E-state index < -0.39 is 0 Å². The van der Waals surface area contributed by atoms with Crippen LogP contribution in [0.3, 0.4) is 0 Å². The maximum absolute atomic E-state index is 12.1. The maximum Gasteiger partial charge on any atom is 0.253 e. The van der Waals surface area contributed by atoms with Crippen LogP contribution in [0, 0.1) is 19.8 Å². The molecule has 0 radical (unpaired) electrons. The zero-order valence-corrected chi connectivity index (χ0v) is 13.9. The molecule has 1 aliphatic rings. The number of carbonyl (C=O) groups is 2. The number of carbonyl (C=O) groups excluding carboxylic acids is 2. The Bertz CT molecular complexity index is 898. The second-order valence-corrected chi connectivity index (χ2v) is 6.20. The summed E-state index contributed by atoms with van der Waals surface area (Å²) < 4.78 is 0. The number of nitrogens with one attached hydrogen (secondary N) is 1. The fraction of sp³-hybridized carbons (Fsp3) is 0.250. The lowest BCUT2D eigenvalue weighted by atomic mass is 9.99. The van der Waals surface area contributed by atoms with Gasteiger partial charge < -0.3 is 5.32 Å². The van der Waals surface area contributed by atoms with Crippen molar-refractivity contribution >= 4 is 17.9 Å². The molecule has 0 saturated carbocycles. The van der Waals surface area contributed by atoms with Crippen molar-refractivity contribution in [3.05, 3.63) is 69.7 Å². The van der Waals surface area contributed by atoms with Crippen LogP contribution in [0.2, 0.25) is 0 Å². The van der Waals surface area contributed by atoms with Gasteiger partial charge in [0.15, 0.2) is 0 Å². The Morgan fingerprint density at radius 1 is 1.08 bits per heavy atom. The van der Waals surface area contributed by atoms with Gasteiger partial charge in [-0.15, -0.1) is 0 Å². The van der Waals surface area contributed by atoms with Crippen molar-refractivity contribution in [1.29, 1.82) is 0 Å². The van der Waals surface area contributed by atoms with Gasteiger partial charge in [0.05, 0.1) is 11.3 Å². The van der Waals surface area contributed by atoms with Crippen molar-refractivity contribution < 1.29 is 9.59 Å². The van der Waals surface area contributed by atoms with Gasteiger partial charge in [-0.3, -0.25) is 9.59 Å². The molecule has 2 amide bonds. The molecule has 0 aliphatic carbocycles. The number of amides is 2. The van der Waals surface area contributed by atoms with Crippen LogP contribution in [0.4, 0.5) is 0 Å². The fourth-order valence-corrected chi connectivity index (χ4v) is 2.74. The molecule has 4 heteroatoms. The van der Waals surface area contributed by atoms with E-state index in [4.69, 9.17) is 0 Å². The minimum absolute atomic E-state index is 0.119. The van der Waals surface area contributed by atoms with Gasteiger partial charge in [0.1, 0.15) is 0 Å². The van der Waals surface area contributed by atoms with Crippen LogP contribution in [0.1, 0.15) is 27.9 Å². The molecule has 1 atom stereocenters. The van der Waals surface area contributed by atoms with Crippen LogP contribution in [0.5, 0.6) is 0 Å². The second-order valence-electron chi connectivity index (χ2n) is 6.20. The van der Waals surface area contributed by atoms with Gasteiger partial charge in [0.25, 0.3) is 11.8 Å². The monoisotopic (exact) mass is 320 g/mol. The number of benzene rings is 2. The van der Waals surface area contributed by atoms with Crippen molar-refractivity contribution in [2.45, 2.75) is 20.3 Å². The smallest absolute Gasteiger partial charge is 0.253 e. The molecule has 0 aromatic heterocycles. The van der Waals surface area contributed by atoms with Gasteiger partial charge in [-0.05, 0) is 49.2 Å². The van der Waals surface area contributed by atoms with E-state index in [2.05, 4.69) is 10.3 Å². The van der Waals surface area contributed by atoms with Crippen LogP contribution in [-0.4, -0.2) is 18.4 Å². The van der Waals surface area contributed by atoms with Crippen molar-refractivity contribution in [3.63, 3.8) is 0 Å². The third-order valence-electron chi connectivity index (χ3n) is 4.17. The highest BCUT2D eigenvalue weighted by molar-refractivity contribution is 5.94. The van der Waals surface area contributed by atoms with Crippen LogP contribution < -0.4 is 15.9 Å². The molecule has 4 nitrogen and oxygen atoms in total.